The number of ketones is 1. The van der Waals surface area contributed by atoms with Crippen molar-refractivity contribution in [2.24, 2.45) is 0 Å². The van der Waals surface area contributed by atoms with Crippen molar-refractivity contribution in [3.8, 4) is 0 Å². The van der Waals surface area contributed by atoms with E-state index in [1.54, 1.807) is 43.6 Å². The first-order valence-electron chi connectivity index (χ1n) is 9.35. The molecule has 0 bridgehead atoms. The summed E-state index contributed by atoms with van der Waals surface area (Å²) in [6.45, 7) is 1.81. The SMILES string of the molecule is Cc1ccc(C2/C(=C(/O)c3ccc([N+](=O)[O-])cc3)C(=O)C(=O)N2Cc2cccnc2)o1. The maximum atomic E-state index is 12.9. The molecular formula is C22H17N3O6. The number of likely N-dealkylation sites (tertiary alicyclic amines) is 1. The van der Waals surface area contributed by atoms with Crippen LogP contribution < -0.4 is 0 Å². The van der Waals surface area contributed by atoms with Crippen LogP contribution in [-0.2, 0) is 16.1 Å². The first kappa shape index (κ1) is 20.0. The number of Topliss-reactive ketones (excluding diaryl/α,β-unsaturated/α-hetero) is 1. The third-order valence-electron chi connectivity index (χ3n) is 5.00. The molecule has 0 radical (unpaired) electrons. The minimum absolute atomic E-state index is 0.0832. The molecule has 1 aliphatic heterocycles. The number of non-ortho nitro benzene ring substituents is 1. The van der Waals surface area contributed by atoms with E-state index in [1.807, 2.05) is 0 Å². The summed E-state index contributed by atoms with van der Waals surface area (Å²) in [5.74, 6) is -1.17. The van der Waals surface area contributed by atoms with Gasteiger partial charge in [0.1, 0.15) is 23.3 Å². The van der Waals surface area contributed by atoms with E-state index in [1.165, 1.54) is 29.2 Å². The average Bonchev–Trinajstić information content (AvgIpc) is 3.30. The van der Waals surface area contributed by atoms with Crippen LogP contribution in [0, 0.1) is 17.0 Å². The Balaban J connectivity index is 1.82. The molecule has 156 valence electrons. The number of pyridine rings is 1. The number of aromatic nitrogens is 1. The second-order valence-electron chi connectivity index (χ2n) is 7.04. The van der Waals surface area contributed by atoms with Crippen molar-refractivity contribution in [1.29, 1.82) is 0 Å². The van der Waals surface area contributed by atoms with Gasteiger partial charge < -0.3 is 14.4 Å². The molecule has 9 heteroatoms. The lowest BCUT2D eigenvalue weighted by Crippen LogP contribution is -2.29. The van der Waals surface area contributed by atoms with Crippen LogP contribution in [0.4, 0.5) is 5.69 Å². The minimum atomic E-state index is -0.955. The van der Waals surface area contributed by atoms with Crippen LogP contribution >= 0.6 is 0 Å². The van der Waals surface area contributed by atoms with E-state index in [-0.39, 0.29) is 23.4 Å². The molecule has 0 saturated carbocycles. The Morgan fingerprint density at radius 1 is 1.19 bits per heavy atom. The Bertz CT molecular complexity index is 1200. The van der Waals surface area contributed by atoms with Crippen LogP contribution in [0.3, 0.4) is 0 Å². The van der Waals surface area contributed by atoms with Gasteiger partial charge >= 0.3 is 0 Å². The molecule has 3 aromatic rings. The van der Waals surface area contributed by atoms with Crippen LogP contribution in [0.2, 0.25) is 0 Å². The normalized spacial score (nSPS) is 17.8. The third-order valence-corrected chi connectivity index (χ3v) is 5.00. The number of aliphatic hydroxyl groups is 1. The second kappa shape index (κ2) is 7.86. The smallest absolute Gasteiger partial charge is 0.296 e. The number of hydrogen-bond acceptors (Lipinski definition) is 7. The molecule has 1 saturated heterocycles. The lowest BCUT2D eigenvalue weighted by atomic mass is 9.99. The average molecular weight is 419 g/mol. The van der Waals surface area contributed by atoms with Gasteiger partial charge in [-0.25, -0.2) is 0 Å². The van der Waals surface area contributed by atoms with Crippen molar-refractivity contribution >= 4 is 23.1 Å². The van der Waals surface area contributed by atoms with Crippen molar-refractivity contribution in [2.45, 2.75) is 19.5 Å². The van der Waals surface area contributed by atoms with Gasteiger partial charge in [0.15, 0.2) is 0 Å². The molecule has 1 unspecified atom stereocenters. The van der Waals surface area contributed by atoms with E-state index in [0.717, 1.165) is 0 Å². The number of rotatable bonds is 5. The summed E-state index contributed by atoms with van der Waals surface area (Å²) >= 11 is 0. The molecule has 1 aliphatic rings. The number of hydrogen-bond donors (Lipinski definition) is 1. The number of carbonyl (C=O) groups is 2. The number of amides is 1. The number of benzene rings is 1. The summed E-state index contributed by atoms with van der Waals surface area (Å²) in [6.07, 6.45) is 3.18. The number of nitro groups is 1. The maximum absolute atomic E-state index is 12.9. The van der Waals surface area contributed by atoms with Gasteiger partial charge in [0, 0.05) is 36.6 Å². The van der Waals surface area contributed by atoms with Gasteiger partial charge in [0.25, 0.3) is 17.4 Å². The topological polar surface area (TPSA) is 127 Å². The molecule has 3 heterocycles. The number of nitro benzene ring substituents is 1. The summed E-state index contributed by atoms with van der Waals surface area (Å²) < 4.78 is 5.70. The highest BCUT2D eigenvalue weighted by atomic mass is 16.6. The van der Waals surface area contributed by atoms with Gasteiger partial charge in [0.2, 0.25) is 0 Å². The van der Waals surface area contributed by atoms with Gasteiger partial charge in [-0.3, -0.25) is 24.7 Å². The fraction of sp³-hybridized carbons (Fsp3) is 0.136. The van der Waals surface area contributed by atoms with E-state index in [9.17, 15) is 24.8 Å². The molecule has 2 aromatic heterocycles. The summed E-state index contributed by atoms with van der Waals surface area (Å²) in [6, 6.07) is 11.0. The molecule has 1 N–H and O–H groups in total. The van der Waals surface area contributed by atoms with Gasteiger partial charge in [0.05, 0.1) is 10.5 Å². The molecule has 0 spiro atoms. The fourth-order valence-electron chi connectivity index (χ4n) is 3.52. The molecule has 1 amide bonds. The van der Waals surface area contributed by atoms with E-state index >= 15 is 0 Å². The Morgan fingerprint density at radius 2 is 1.94 bits per heavy atom. The molecule has 4 rings (SSSR count). The lowest BCUT2D eigenvalue weighted by molar-refractivity contribution is -0.384. The number of carbonyl (C=O) groups excluding carboxylic acids is 2. The zero-order valence-electron chi connectivity index (χ0n) is 16.4. The summed E-state index contributed by atoms with van der Waals surface area (Å²) in [5, 5.41) is 21.8. The quantitative estimate of drug-likeness (QED) is 0.220. The minimum Gasteiger partial charge on any atom is -0.507 e. The van der Waals surface area contributed by atoms with Crippen molar-refractivity contribution in [1.82, 2.24) is 9.88 Å². The number of furan rings is 1. The van der Waals surface area contributed by atoms with Gasteiger partial charge in [-0.05, 0) is 42.8 Å². The number of nitrogens with zero attached hydrogens (tertiary/aromatic N) is 3. The Hall–Kier alpha value is -4.27. The zero-order chi connectivity index (χ0) is 22.1. The summed E-state index contributed by atoms with van der Waals surface area (Å²) in [4.78, 5) is 41.5. The predicted octanol–water partition coefficient (Wildman–Crippen LogP) is 3.51. The van der Waals surface area contributed by atoms with Gasteiger partial charge in [-0.15, -0.1) is 0 Å². The molecule has 1 aromatic carbocycles. The maximum Gasteiger partial charge on any atom is 0.296 e. The number of aryl methyl sites for hydroxylation is 1. The van der Waals surface area contributed by atoms with Crippen LogP contribution in [0.25, 0.3) is 5.76 Å². The lowest BCUT2D eigenvalue weighted by Gasteiger charge is -2.23. The van der Waals surface area contributed by atoms with Crippen molar-refractivity contribution in [3.05, 3.63) is 99.3 Å². The van der Waals surface area contributed by atoms with E-state index in [4.69, 9.17) is 4.42 Å². The van der Waals surface area contributed by atoms with Crippen molar-refractivity contribution in [2.75, 3.05) is 0 Å². The van der Waals surface area contributed by atoms with Crippen LogP contribution in [-0.4, -0.2) is 31.6 Å². The van der Waals surface area contributed by atoms with Gasteiger partial charge in [-0.1, -0.05) is 6.07 Å². The molecule has 1 fully saturated rings. The van der Waals surface area contributed by atoms with E-state index in [2.05, 4.69) is 4.98 Å². The van der Waals surface area contributed by atoms with E-state index in [0.29, 0.717) is 17.1 Å². The zero-order valence-corrected chi connectivity index (χ0v) is 16.4. The monoisotopic (exact) mass is 419 g/mol. The van der Waals surface area contributed by atoms with Crippen LogP contribution in [0.1, 0.15) is 28.7 Å². The molecule has 9 nitrogen and oxygen atoms in total. The molecular weight excluding hydrogens is 402 g/mol. The summed E-state index contributed by atoms with van der Waals surface area (Å²) in [5.41, 5.74) is 0.579. The highest BCUT2D eigenvalue weighted by Crippen LogP contribution is 2.40. The Morgan fingerprint density at radius 3 is 2.52 bits per heavy atom. The standard InChI is InChI=1S/C22H17N3O6/c1-13-4-9-17(31-13)19-18(20(26)15-5-7-16(8-6-15)25(29)30)21(27)22(28)24(19)12-14-3-2-10-23-11-14/h2-11,19,26H,12H2,1H3/b20-18-. The summed E-state index contributed by atoms with van der Waals surface area (Å²) in [7, 11) is 0. The largest absolute Gasteiger partial charge is 0.507 e. The first-order chi connectivity index (χ1) is 14.9. The molecule has 1 atom stereocenters. The predicted molar refractivity (Wildman–Crippen MR) is 109 cm³/mol. The molecule has 0 aliphatic carbocycles. The van der Waals surface area contributed by atoms with Gasteiger partial charge in [-0.2, -0.15) is 0 Å². The third kappa shape index (κ3) is 3.68. The van der Waals surface area contributed by atoms with Crippen LogP contribution in [0.5, 0.6) is 0 Å². The Kier molecular flexibility index (Phi) is 5.08. The van der Waals surface area contributed by atoms with E-state index < -0.39 is 28.4 Å². The van der Waals surface area contributed by atoms with Crippen molar-refractivity contribution in [3.63, 3.8) is 0 Å². The highest BCUT2D eigenvalue weighted by molar-refractivity contribution is 6.46. The first-order valence-corrected chi connectivity index (χ1v) is 9.35. The second-order valence-corrected chi connectivity index (χ2v) is 7.04. The molecule has 31 heavy (non-hydrogen) atoms. The Labute approximate surface area is 176 Å². The van der Waals surface area contributed by atoms with Crippen molar-refractivity contribution < 1.29 is 24.0 Å². The van der Waals surface area contributed by atoms with Crippen LogP contribution in [0.15, 0.2) is 70.9 Å². The fourth-order valence-corrected chi connectivity index (χ4v) is 3.52. The highest BCUT2D eigenvalue weighted by Gasteiger charge is 2.47. The number of aliphatic hydroxyl groups excluding tert-OH is 1.